The van der Waals surface area contributed by atoms with E-state index in [0.29, 0.717) is 25.9 Å². The summed E-state index contributed by atoms with van der Waals surface area (Å²) in [7, 11) is 0. The minimum absolute atomic E-state index is 0.0381. The van der Waals surface area contributed by atoms with Gasteiger partial charge in [-0.15, -0.1) is 0 Å². The van der Waals surface area contributed by atoms with E-state index in [1.807, 2.05) is 30.3 Å². The summed E-state index contributed by atoms with van der Waals surface area (Å²) in [5.74, 6) is 0.0381. The zero-order chi connectivity index (χ0) is 24.9. The second-order valence-corrected chi connectivity index (χ2v) is 9.95. The number of benzene rings is 1. The van der Waals surface area contributed by atoms with Crippen LogP contribution in [-0.2, 0) is 16.1 Å². The normalized spacial score (nSPS) is 20.8. The summed E-state index contributed by atoms with van der Waals surface area (Å²) in [6.07, 6.45) is -4.36. The number of halogens is 3. The average molecular weight is 486 g/mol. The first kappa shape index (κ1) is 26.1. The Morgan fingerprint density at radius 1 is 0.941 bits per heavy atom. The molecule has 1 aromatic rings. The molecule has 3 rings (SSSR count). The van der Waals surface area contributed by atoms with Crippen molar-refractivity contribution >= 4 is 12.2 Å². The van der Waals surface area contributed by atoms with Crippen LogP contribution in [0.25, 0.3) is 0 Å². The van der Waals surface area contributed by atoms with Gasteiger partial charge in [0, 0.05) is 39.3 Å². The van der Waals surface area contributed by atoms with Crippen LogP contribution < -0.4 is 0 Å². The maximum Gasteiger partial charge on any atom is 0.410 e. The number of amides is 2. The largest absolute Gasteiger partial charge is 0.445 e. The molecule has 190 valence electrons. The molecule has 0 aliphatic carbocycles. The Balaban J connectivity index is 1.49. The van der Waals surface area contributed by atoms with Crippen LogP contribution in [0.2, 0.25) is 0 Å². The molecule has 7 nitrogen and oxygen atoms in total. The fraction of sp³-hybridized carbons (Fsp3) is 0.667. The molecule has 2 fully saturated rings. The van der Waals surface area contributed by atoms with Crippen molar-refractivity contribution in [2.75, 3.05) is 39.3 Å². The number of rotatable bonds is 4. The van der Waals surface area contributed by atoms with E-state index in [1.165, 1.54) is 4.90 Å². The Morgan fingerprint density at radius 3 is 2.18 bits per heavy atom. The Labute approximate surface area is 198 Å². The quantitative estimate of drug-likeness (QED) is 0.628. The Kier molecular flexibility index (Phi) is 8.33. The van der Waals surface area contributed by atoms with E-state index in [4.69, 9.17) is 9.47 Å². The van der Waals surface area contributed by atoms with Crippen molar-refractivity contribution in [3.63, 3.8) is 0 Å². The molecule has 0 radical (unpaired) electrons. The van der Waals surface area contributed by atoms with E-state index in [9.17, 15) is 22.8 Å². The maximum atomic E-state index is 13.8. The first-order valence-corrected chi connectivity index (χ1v) is 11.7. The molecule has 10 heteroatoms. The van der Waals surface area contributed by atoms with Crippen LogP contribution in [0, 0.1) is 5.92 Å². The summed E-state index contributed by atoms with van der Waals surface area (Å²) in [4.78, 5) is 28.8. The summed E-state index contributed by atoms with van der Waals surface area (Å²) in [5.41, 5.74) is 0.132. The highest BCUT2D eigenvalue weighted by Crippen LogP contribution is 2.31. The van der Waals surface area contributed by atoms with Gasteiger partial charge in [-0.25, -0.2) is 9.59 Å². The zero-order valence-corrected chi connectivity index (χ0v) is 20.0. The van der Waals surface area contributed by atoms with Gasteiger partial charge in [0.25, 0.3) is 0 Å². The standard InChI is InChI=1S/C24H34F3N3O4/c1-23(2,3)34-22(32)30-14-13-29(20(16-30)24(25,26)27)15-18-9-11-28(12-10-18)21(31)33-17-19-7-5-4-6-8-19/h4-8,18,20H,9-17H2,1-3H3/t20-/m0/s1. The molecule has 1 atom stereocenters. The molecule has 0 bridgehead atoms. The van der Waals surface area contributed by atoms with E-state index in [2.05, 4.69) is 0 Å². The number of piperazine rings is 1. The number of likely N-dealkylation sites (tertiary alicyclic amines) is 1. The number of piperidine rings is 1. The fourth-order valence-electron chi connectivity index (χ4n) is 4.28. The molecular weight excluding hydrogens is 451 g/mol. The second-order valence-electron chi connectivity index (χ2n) is 9.95. The zero-order valence-electron chi connectivity index (χ0n) is 20.0. The smallest absolute Gasteiger partial charge is 0.410 e. The lowest BCUT2D eigenvalue weighted by atomic mass is 9.95. The van der Waals surface area contributed by atoms with Gasteiger partial charge in [-0.3, -0.25) is 4.90 Å². The van der Waals surface area contributed by atoms with Crippen molar-refractivity contribution < 1.29 is 32.2 Å². The number of hydrogen-bond acceptors (Lipinski definition) is 5. The fourth-order valence-corrected chi connectivity index (χ4v) is 4.28. The molecule has 2 saturated heterocycles. The van der Waals surface area contributed by atoms with Gasteiger partial charge in [0.15, 0.2) is 0 Å². The first-order chi connectivity index (χ1) is 15.9. The highest BCUT2D eigenvalue weighted by Gasteiger charge is 2.48. The van der Waals surface area contributed by atoms with Gasteiger partial charge in [-0.05, 0) is 45.1 Å². The molecule has 34 heavy (non-hydrogen) atoms. The van der Waals surface area contributed by atoms with Crippen LogP contribution in [-0.4, -0.2) is 84.0 Å². The molecule has 2 heterocycles. The number of ether oxygens (including phenoxy) is 2. The van der Waals surface area contributed by atoms with Gasteiger partial charge in [0.1, 0.15) is 18.2 Å². The van der Waals surface area contributed by atoms with E-state index in [1.54, 1.807) is 25.7 Å². The Bertz CT molecular complexity index is 821. The Hall–Kier alpha value is -2.49. The lowest BCUT2D eigenvalue weighted by Crippen LogP contribution is -2.61. The molecule has 2 amide bonds. The van der Waals surface area contributed by atoms with Crippen molar-refractivity contribution in [3.05, 3.63) is 35.9 Å². The van der Waals surface area contributed by atoms with Crippen LogP contribution in [0.3, 0.4) is 0 Å². The molecule has 2 aliphatic heterocycles. The third-order valence-corrected chi connectivity index (χ3v) is 6.09. The molecule has 0 spiro atoms. The molecule has 0 unspecified atom stereocenters. The summed E-state index contributed by atoms with van der Waals surface area (Å²) in [6.45, 7) is 6.30. The van der Waals surface area contributed by atoms with Crippen LogP contribution in [0.5, 0.6) is 0 Å². The van der Waals surface area contributed by atoms with Crippen LogP contribution in [0.4, 0.5) is 22.8 Å². The van der Waals surface area contributed by atoms with E-state index in [-0.39, 0.29) is 32.2 Å². The molecule has 0 saturated carbocycles. The number of nitrogens with zero attached hydrogens (tertiary/aromatic N) is 3. The van der Waals surface area contributed by atoms with Gasteiger partial charge in [0.05, 0.1) is 0 Å². The third kappa shape index (κ3) is 7.51. The van der Waals surface area contributed by atoms with Crippen LogP contribution in [0.15, 0.2) is 30.3 Å². The van der Waals surface area contributed by atoms with Gasteiger partial charge >= 0.3 is 18.4 Å². The van der Waals surface area contributed by atoms with Crippen LogP contribution in [0.1, 0.15) is 39.2 Å². The molecule has 2 aliphatic rings. The van der Waals surface area contributed by atoms with Gasteiger partial charge in [-0.1, -0.05) is 30.3 Å². The highest BCUT2D eigenvalue weighted by atomic mass is 19.4. The number of carbonyl (C=O) groups excluding carboxylic acids is 2. The summed E-state index contributed by atoms with van der Waals surface area (Å²) in [5, 5.41) is 0. The van der Waals surface area contributed by atoms with Crippen LogP contribution >= 0.6 is 0 Å². The lowest BCUT2D eigenvalue weighted by molar-refractivity contribution is -0.197. The van der Waals surface area contributed by atoms with Gasteiger partial charge in [0.2, 0.25) is 0 Å². The highest BCUT2D eigenvalue weighted by molar-refractivity contribution is 5.68. The van der Waals surface area contributed by atoms with E-state index < -0.39 is 36.6 Å². The molecular formula is C24H34F3N3O4. The first-order valence-electron chi connectivity index (χ1n) is 11.7. The minimum atomic E-state index is -4.46. The van der Waals surface area contributed by atoms with Crippen molar-refractivity contribution in [1.82, 2.24) is 14.7 Å². The monoisotopic (exact) mass is 485 g/mol. The summed E-state index contributed by atoms with van der Waals surface area (Å²) < 4.78 is 52.1. The topological polar surface area (TPSA) is 62.3 Å². The van der Waals surface area contributed by atoms with E-state index >= 15 is 0 Å². The number of carbonyl (C=O) groups is 2. The van der Waals surface area contributed by atoms with Gasteiger partial charge in [-0.2, -0.15) is 13.2 Å². The predicted octanol–water partition coefficient (Wildman–Crippen LogP) is 4.52. The number of alkyl halides is 3. The average Bonchev–Trinajstić information content (AvgIpc) is 2.77. The SMILES string of the molecule is CC(C)(C)OC(=O)N1CCN(CC2CCN(C(=O)OCc3ccccc3)CC2)[C@H](C(F)(F)F)C1. The van der Waals surface area contributed by atoms with Crippen molar-refractivity contribution in [2.45, 2.75) is 58.0 Å². The second kappa shape index (κ2) is 10.8. The van der Waals surface area contributed by atoms with Gasteiger partial charge < -0.3 is 19.3 Å². The predicted molar refractivity (Wildman–Crippen MR) is 120 cm³/mol. The maximum absolute atomic E-state index is 13.8. The molecule has 0 aromatic heterocycles. The summed E-state index contributed by atoms with van der Waals surface area (Å²) in [6, 6.07) is 7.64. The third-order valence-electron chi connectivity index (χ3n) is 6.09. The Morgan fingerprint density at radius 2 is 1.59 bits per heavy atom. The number of hydrogen-bond donors (Lipinski definition) is 0. The lowest BCUT2D eigenvalue weighted by Gasteiger charge is -2.44. The minimum Gasteiger partial charge on any atom is -0.445 e. The van der Waals surface area contributed by atoms with Crippen molar-refractivity contribution in [2.24, 2.45) is 5.92 Å². The molecule has 0 N–H and O–H groups in total. The van der Waals surface area contributed by atoms with Crippen molar-refractivity contribution in [1.29, 1.82) is 0 Å². The van der Waals surface area contributed by atoms with Crippen molar-refractivity contribution in [3.8, 4) is 0 Å². The molecule has 1 aromatic carbocycles. The summed E-state index contributed by atoms with van der Waals surface area (Å²) >= 11 is 0. The van der Waals surface area contributed by atoms with E-state index in [0.717, 1.165) is 10.5 Å².